The van der Waals surface area contributed by atoms with Crippen molar-refractivity contribution in [3.05, 3.63) is 36.3 Å². The van der Waals surface area contributed by atoms with E-state index in [1.54, 1.807) is 32.1 Å². The summed E-state index contributed by atoms with van der Waals surface area (Å²) in [6.45, 7) is 0.522. The Balaban J connectivity index is 1.84. The van der Waals surface area contributed by atoms with Crippen LogP contribution < -0.4 is 9.47 Å². The molecule has 0 fully saturated rings. The molecular formula is C14H16N6O2. The van der Waals surface area contributed by atoms with Gasteiger partial charge in [0.2, 0.25) is 0 Å². The molecule has 8 nitrogen and oxygen atoms in total. The highest BCUT2D eigenvalue weighted by Gasteiger charge is 2.10. The van der Waals surface area contributed by atoms with E-state index >= 15 is 0 Å². The van der Waals surface area contributed by atoms with Crippen LogP contribution in [0, 0.1) is 0 Å². The predicted molar refractivity (Wildman–Crippen MR) is 78.7 cm³/mol. The zero-order valence-electron chi connectivity index (χ0n) is 12.6. The Hall–Kier alpha value is -2.90. The third kappa shape index (κ3) is 2.76. The maximum absolute atomic E-state index is 5.30. The Morgan fingerprint density at radius 2 is 1.95 bits per heavy atom. The van der Waals surface area contributed by atoms with Crippen LogP contribution in [0.5, 0.6) is 11.5 Å². The molecule has 0 radical (unpaired) electrons. The molecule has 0 saturated carbocycles. The summed E-state index contributed by atoms with van der Waals surface area (Å²) in [7, 11) is 4.99. The van der Waals surface area contributed by atoms with E-state index in [1.165, 1.54) is 4.80 Å². The average molecular weight is 300 g/mol. The summed E-state index contributed by atoms with van der Waals surface area (Å²) in [5.41, 5.74) is 2.49. The number of rotatable bonds is 5. The topological polar surface area (TPSA) is 79.9 Å². The molecule has 3 aromatic rings. The lowest BCUT2D eigenvalue weighted by atomic mass is 10.1. The Labute approximate surface area is 127 Å². The van der Waals surface area contributed by atoms with Gasteiger partial charge in [0, 0.05) is 12.6 Å². The molecule has 0 aliphatic rings. The predicted octanol–water partition coefficient (Wildman–Crippen LogP) is 1.14. The van der Waals surface area contributed by atoms with E-state index in [0.717, 1.165) is 17.0 Å². The zero-order chi connectivity index (χ0) is 15.5. The van der Waals surface area contributed by atoms with Crippen molar-refractivity contribution in [3.63, 3.8) is 0 Å². The minimum Gasteiger partial charge on any atom is -0.493 e. The van der Waals surface area contributed by atoms with Crippen molar-refractivity contribution in [2.24, 2.45) is 7.05 Å². The molecule has 0 unspecified atom stereocenters. The van der Waals surface area contributed by atoms with Gasteiger partial charge < -0.3 is 9.47 Å². The van der Waals surface area contributed by atoms with Crippen molar-refractivity contribution in [2.75, 3.05) is 14.2 Å². The molecule has 0 spiro atoms. The molecule has 2 aromatic heterocycles. The van der Waals surface area contributed by atoms with Crippen LogP contribution in [0.15, 0.2) is 30.6 Å². The second-order valence-electron chi connectivity index (χ2n) is 4.70. The van der Waals surface area contributed by atoms with Crippen molar-refractivity contribution in [1.29, 1.82) is 0 Å². The minimum absolute atomic E-state index is 0.522. The molecule has 2 heterocycles. The highest BCUT2D eigenvalue weighted by molar-refractivity contribution is 5.63. The first-order chi connectivity index (χ1) is 10.7. The van der Waals surface area contributed by atoms with Crippen molar-refractivity contribution >= 4 is 0 Å². The van der Waals surface area contributed by atoms with Gasteiger partial charge in [-0.3, -0.25) is 0 Å². The van der Waals surface area contributed by atoms with Crippen molar-refractivity contribution in [1.82, 2.24) is 30.0 Å². The third-order valence-corrected chi connectivity index (χ3v) is 3.19. The third-order valence-electron chi connectivity index (χ3n) is 3.19. The van der Waals surface area contributed by atoms with E-state index in [1.807, 2.05) is 24.4 Å². The van der Waals surface area contributed by atoms with Crippen LogP contribution in [-0.4, -0.2) is 44.2 Å². The van der Waals surface area contributed by atoms with Crippen molar-refractivity contribution in [2.45, 2.75) is 6.54 Å². The van der Waals surface area contributed by atoms with Crippen molar-refractivity contribution in [3.8, 4) is 22.8 Å². The highest BCUT2D eigenvalue weighted by Crippen LogP contribution is 2.31. The summed E-state index contributed by atoms with van der Waals surface area (Å²) in [4.78, 5) is 1.52. The number of aryl methyl sites for hydroxylation is 1. The quantitative estimate of drug-likeness (QED) is 0.703. The summed E-state index contributed by atoms with van der Waals surface area (Å²) >= 11 is 0. The zero-order valence-corrected chi connectivity index (χ0v) is 12.6. The summed E-state index contributed by atoms with van der Waals surface area (Å²) in [6, 6.07) is 5.63. The molecule has 0 saturated heterocycles. The molecule has 0 aliphatic heterocycles. The number of hydrogen-bond acceptors (Lipinski definition) is 6. The van der Waals surface area contributed by atoms with E-state index in [-0.39, 0.29) is 0 Å². The van der Waals surface area contributed by atoms with Crippen LogP contribution in [0.4, 0.5) is 0 Å². The molecule has 3 rings (SSSR count). The molecule has 0 amide bonds. The molecule has 0 bridgehead atoms. The smallest absolute Gasteiger partial charge is 0.161 e. The summed E-state index contributed by atoms with van der Waals surface area (Å²) < 4.78 is 12.3. The molecule has 114 valence electrons. The molecule has 1 aromatic carbocycles. The van der Waals surface area contributed by atoms with Gasteiger partial charge in [0.25, 0.3) is 0 Å². The fourth-order valence-corrected chi connectivity index (χ4v) is 2.13. The second-order valence-corrected chi connectivity index (χ2v) is 4.70. The molecule has 8 heteroatoms. The lowest BCUT2D eigenvalue weighted by molar-refractivity contribution is 0.355. The van der Waals surface area contributed by atoms with Gasteiger partial charge in [-0.25, -0.2) is 4.68 Å². The normalized spacial score (nSPS) is 10.7. The van der Waals surface area contributed by atoms with Gasteiger partial charge in [-0.2, -0.15) is 15.0 Å². The minimum atomic E-state index is 0.522. The number of ether oxygens (including phenoxy) is 2. The van der Waals surface area contributed by atoms with Crippen LogP contribution in [0.25, 0.3) is 11.3 Å². The second kappa shape index (κ2) is 5.84. The first-order valence-electron chi connectivity index (χ1n) is 6.67. The Morgan fingerprint density at radius 1 is 1.14 bits per heavy atom. The van der Waals surface area contributed by atoms with Crippen LogP contribution in [0.1, 0.15) is 5.69 Å². The van der Waals surface area contributed by atoms with Crippen LogP contribution >= 0.6 is 0 Å². The molecule has 0 aliphatic carbocycles. The van der Waals surface area contributed by atoms with Crippen LogP contribution in [-0.2, 0) is 13.6 Å². The number of benzene rings is 1. The van der Waals surface area contributed by atoms with Crippen LogP contribution in [0.3, 0.4) is 0 Å². The molecule has 0 N–H and O–H groups in total. The maximum Gasteiger partial charge on any atom is 0.161 e. The Bertz CT molecular complexity index is 779. The van der Waals surface area contributed by atoms with Gasteiger partial charge in [0.1, 0.15) is 11.4 Å². The van der Waals surface area contributed by atoms with Gasteiger partial charge in [0.05, 0.1) is 33.2 Å². The first-order valence-corrected chi connectivity index (χ1v) is 6.67. The van der Waals surface area contributed by atoms with E-state index in [2.05, 4.69) is 20.5 Å². The fraction of sp³-hybridized carbons (Fsp3) is 0.286. The van der Waals surface area contributed by atoms with Gasteiger partial charge >= 0.3 is 0 Å². The maximum atomic E-state index is 5.30. The summed E-state index contributed by atoms with van der Waals surface area (Å²) in [5.74, 6) is 1.33. The Kier molecular flexibility index (Phi) is 3.73. The number of methoxy groups -OCH3 is 2. The number of nitrogens with zero attached hydrogens (tertiary/aromatic N) is 6. The molecule has 0 atom stereocenters. The molecule has 22 heavy (non-hydrogen) atoms. The van der Waals surface area contributed by atoms with E-state index in [0.29, 0.717) is 18.0 Å². The first kappa shape index (κ1) is 14.1. The van der Waals surface area contributed by atoms with Gasteiger partial charge in [0.15, 0.2) is 11.5 Å². The average Bonchev–Trinajstić information content (AvgIpc) is 3.16. The Morgan fingerprint density at radius 3 is 2.64 bits per heavy atom. The van der Waals surface area contributed by atoms with Crippen LogP contribution in [0.2, 0.25) is 0 Å². The van der Waals surface area contributed by atoms with Gasteiger partial charge in [-0.05, 0) is 18.2 Å². The lowest BCUT2D eigenvalue weighted by Gasteiger charge is -2.07. The number of hydrogen-bond donors (Lipinski definition) is 0. The number of aromatic nitrogens is 6. The standard InChI is InChI=1S/C14H16N6O2/c1-19-15-7-11(17-19)8-20-9-12(16-18-20)10-4-5-13(21-2)14(6-10)22-3/h4-7,9H,8H2,1-3H3. The van der Waals surface area contributed by atoms with E-state index < -0.39 is 0 Å². The lowest BCUT2D eigenvalue weighted by Crippen LogP contribution is -2.02. The monoisotopic (exact) mass is 300 g/mol. The van der Waals surface area contributed by atoms with Gasteiger partial charge in [-0.15, -0.1) is 5.10 Å². The highest BCUT2D eigenvalue weighted by atomic mass is 16.5. The van der Waals surface area contributed by atoms with Gasteiger partial charge in [-0.1, -0.05) is 5.21 Å². The summed E-state index contributed by atoms with van der Waals surface area (Å²) in [6.07, 6.45) is 3.56. The molecular weight excluding hydrogens is 284 g/mol. The van der Waals surface area contributed by atoms with E-state index in [4.69, 9.17) is 9.47 Å². The van der Waals surface area contributed by atoms with Crippen molar-refractivity contribution < 1.29 is 9.47 Å². The SMILES string of the molecule is COc1ccc(-c2cn(Cc3cnn(C)n3)nn2)cc1OC. The summed E-state index contributed by atoms with van der Waals surface area (Å²) in [5, 5.41) is 16.5. The fourth-order valence-electron chi connectivity index (χ4n) is 2.13. The van der Waals surface area contributed by atoms with E-state index in [9.17, 15) is 0 Å². The largest absolute Gasteiger partial charge is 0.493 e.